The topological polar surface area (TPSA) is 58.6 Å². The van der Waals surface area contributed by atoms with Crippen molar-refractivity contribution in [1.29, 1.82) is 0 Å². The lowest BCUT2D eigenvalue weighted by molar-refractivity contribution is -0.134. The fraction of sp³-hybridized carbons (Fsp3) is 0.529. The average Bonchev–Trinajstić information content (AvgIpc) is 2.54. The van der Waals surface area contributed by atoms with Crippen LogP contribution in [0.3, 0.4) is 0 Å². The molecule has 1 unspecified atom stereocenters. The van der Waals surface area contributed by atoms with Crippen molar-refractivity contribution >= 4 is 23.4 Å². The Hall–Kier alpha value is -1.75. The third kappa shape index (κ3) is 5.43. The number of piperidine rings is 1. The number of aryl methyl sites for hydroxylation is 1. The van der Waals surface area contributed by atoms with Crippen LogP contribution in [0, 0.1) is 6.92 Å². The summed E-state index contributed by atoms with van der Waals surface area (Å²) in [6.07, 6.45) is 1.48. The standard InChI is InChI=1S/C17H23ClN2O3/c1-12-3-5-15(6-4-12)23-11-16(21)20-9-7-14(8-10-20)19-17(22)13(2)18/h3-6,13-14H,7-11H2,1-2H3,(H,19,22). The molecule has 0 aromatic heterocycles. The quantitative estimate of drug-likeness (QED) is 0.836. The molecule has 1 aliphatic heterocycles. The van der Waals surface area contributed by atoms with E-state index >= 15 is 0 Å². The molecule has 1 aromatic rings. The summed E-state index contributed by atoms with van der Waals surface area (Å²) >= 11 is 5.74. The Morgan fingerprint density at radius 2 is 1.91 bits per heavy atom. The van der Waals surface area contributed by atoms with Gasteiger partial charge >= 0.3 is 0 Å². The third-order valence-corrected chi connectivity index (χ3v) is 4.14. The van der Waals surface area contributed by atoms with E-state index < -0.39 is 5.38 Å². The van der Waals surface area contributed by atoms with Gasteiger partial charge in [-0.2, -0.15) is 0 Å². The lowest BCUT2D eigenvalue weighted by atomic mass is 10.0. The van der Waals surface area contributed by atoms with Gasteiger partial charge in [0, 0.05) is 19.1 Å². The zero-order valence-corrected chi connectivity index (χ0v) is 14.3. The number of rotatable bonds is 5. The van der Waals surface area contributed by atoms with E-state index in [1.54, 1.807) is 11.8 Å². The Labute approximate surface area is 141 Å². The van der Waals surface area contributed by atoms with Gasteiger partial charge in [0.05, 0.1) is 0 Å². The second-order valence-electron chi connectivity index (χ2n) is 5.88. The van der Waals surface area contributed by atoms with E-state index in [9.17, 15) is 9.59 Å². The van der Waals surface area contributed by atoms with Crippen LogP contribution >= 0.6 is 11.6 Å². The second kappa shape index (κ2) is 8.20. The molecule has 1 aromatic carbocycles. The SMILES string of the molecule is Cc1ccc(OCC(=O)N2CCC(NC(=O)C(C)Cl)CC2)cc1. The van der Waals surface area contributed by atoms with Crippen molar-refractivity contribution in [2.24, 2.45) is 0 Å². The van der Waals surface area contributed by atoms with Crippen LogP contribution in [-0.2, 0) is 9.59 Å². The summed E-state index contributed by atoms with van der Waals surface area (Å²) in [7, 11) is 0. The largest absolute Gasteiger partial charge is 0.484 e. The van der Waals surface area contributed by atoms with E-state index in [1.165, 1.54) is 0 Å². The Kier molecular flexibility index (Phi) is 6.28. The van der Waals surface area contributed by atoms with Gasteiger partial charge in [-0.1, -0.05) is 17.7 Å². The zero-order chi connectivity index (χ0) is 16.8. The van der Waals surface area contributed by atoms with Crippen LogP contribution in [0.5, 0.6) is 5.75 Å². The maximum Gasteiger partial charge on any atom is 0.260 e. The highest BCUT2D eigenvalue weighted by Gasteiger charge is 2.24. The molecule has 1 N–H and O–H groups in total. The number of nitrogens with one attached hydrogen (secondary N) is 1. The molecule has 0 bridgehead atoms. The van der Waals surface area contributed by atoms with Gasteiger partial charge in [-0.3, -0.25) is 9.59 Å². The molecular weight excluding hydrogens is 316 g/mol. The van der Waals surface area contributed by atoms with Crippen molar-refractivity contribution in [3.05, 3.63) is 29.8 Å². The molecule has 1 atom stereocenters. The number of ether oxygens (including phenoxy) is 1. The summed E-state index contributed by atoms with van der Waals surface area (Å²) in [5.74, 6) is 0.516. The minimum atomic E-state index is -0.530. The molecule has 0 aliphatic carbocycles. The highest BCUT2D eigenvalue weighted by Crippen LogP contribution is 2.14. The first kappa shape index (κ1) is 17.6. The predicted octanol–water partition coefficient (Wildman–Crippen LogP) is 2.11. The van der Waals surface area contributed by atoms with Gasteiger partial charge in [0.1, 0.15) is 11.1 Å². The maximum atomic E-state index is 12.2. The van der Waals surface area contributed by atoms with Gasteiger partial charge in [0.25, 0.3) is 5.91 Å². The smallest absolute Gasteiger partial charge is 0.260 e. The molecular formula is C17H23ClN2O3. The maximum absolute atomic E-state index is 12.2. The van der Waals surface area contributed by atoms with Crippen LogP contribution in [0.2, 0.25) is 0 Å². The monoisotopic (exact) mass is 338 g/mol. The predicted molar refractivity (Wildman–Crippen MR) is 89.7 cm³/mol. The molecule has 1 saturated heterocycles. The number of carbonyl (C=O) groups excluding carboxylic acids is 2. The summed E-state index contributed by atoms with van der Waals surface area (Å²) in [5, 5.41) is 2.37. The minimum Gasteiger partial charge on any atom is -0.484 e. The molecule has 23 heavy (non-hydrogen) atoms. The van der Waals surface area contributed by atoms with E-state index in [0.717, 1.165) is 18.4 Å². The summed E-state index contributed by atoms with van der Waals surface area (Å²) in [6, 6.07) is 7.71. The highest BCUT2D eigenvalue weighted by molar-refractivity contribution is 6.30. The summed E-state index contributed by atoms with van der Waals surface area (Å²) in [5.41, 5.74) is 1.15. The number of amides is 2. The van der Waals surface area contributed by atoms with Crippen LogP contribution in [0.1, 0.15) is 25.3 Å². The van der Waals surface area contributed by atoms with Crippen LogP contribution < -0.4 is 10.1 Å². The molecule has 5 nitrogen and oxygen atoms in total. The van der Waals surface area contributed by atoms with Crippen molar-refractivity contribution in [3.63, 3.8) is 0 Å². The molecule has 1 fully saturated rings. The van der Waals surface area contributed by atoms with E-state index in [-0.39, 0.29) is 24.5 Å². The number of halogens is 1. The molecule has 126 valence electrons. The van der Waals surface area contributed by atoms with Crippen LogP contribution in [-0.4, -0.2) is 47.8 Å². The van der Waals surface area contributed by atoms with E-state index in [2.05, 4.69) is 5.32 Å². The molecule has 2 amide bonds. The summed E-state index contributed by atoms with van der Waals surface area (Å²) in [6.45, 7) is 4.94. The van der Waals surface area contributed by atoms with Crippen LogP contribution in [0.4, 0.5) is 0 Å². The number of nitrogens with zero attached hydrogens (tertiary/aromatic N) is 1. The second-order valence-corrected chi connectivity index (χ2v) is 6.54. The molecule has 0 spiro atoms. The molecule has 6 heteroatoms. The molecule has 0 saturated carbocycles. The van der Waals surface area contributed by atoms with Crippen LogP contribution in [0.15, 0.2) is 24.3 Å². The number of hydrogen-bond donors (Lipinski definition) is 1. The Morgan fingerprint density at radius 3 is 2.48 bits per heavy atom. The van der Waals surface area contributed by atoms with Gasteiger partial charge in [-0.15, -0.1) is 11.6 Å². The molecule has 1 aliphatic rings. The lowest BCUT2D eigenvalue weighted by Gasteiger charge is -2.32. The van der Waals surface area contributed by atoms with E-state index in [1.807, 2.05) is 31.2 Å². The Balaban J connectivity index is 1.73. The number of likely N-dealkylation sites (tertiary alicyclic amines) is 1. The van der Waals surface area contributed by atoms with Crippen molar-refractivity contribution < 1.29 is 14.3 Å². The summed E-state index contributed by atoms with van der Waals surface area (Å²) in [4.78, 5) is 25.5. The Bertz CT molecular complexity index is 537. The lowest BCUT2D eigenvalue weighted by Crippen LogP contribution is -2.48. The Morgan fingerprint density at radius 1 is 1.30 bits per heavy atom. The number of carbonyl (C=O) groups is 2. The van der Waals surface area contributed by atoms with Gasteiger partial charge < -0.3 is 15.0 Å². The summed E-state index contributed by atoms with van der Waals surface area (Å²) < 4.78 is 5.52. The fourth-order valence-electron chi connectivity index (χ4n) is 2.46. The van der Waals surface area contributed by atoms with Crippen molar-refractivity contribution in [2.75, 3.05) is 19.7 Å². The van der Waals surface area contributed by atoms with Gasteiger partial charge in [-0.25, -0.2) is 0 Å². The average molecular weight is 339 g/mol. The molecule has 1 heterocycles. The first-order valence-electron chi connectivity index (χ1n) is 7.87. The first-order valence-corrected chi connectivity index (χ1v) is 8.31. The van der Waals surface area contributed by atoms with Crippen LogP contribution in [0.25, 0.3) is 0 Å². The van der Waals surface area contributed by atoms with E-state index in [0.29, 0.717) is 18.8 Å². The number of hydrogen-bond acceptors (Lipinski definition) is 3. The molecule has 0 radical (unpaired) electrons. The van der Waals surface area contributed by atoms with E-state index in [4.69, 9.17) is 16.3 Å². The van der Waals surface area contributed by atoms with Gasteiger partial charge in [-0.05, 0) is 38.8 Å². The fourth-order valence-corrected chi connectivity index (χ4v) is 2.52. The minimum absolute atomic E-state index is 0.0268. The van der Waals surface area contributed by atoms with Gasteiger partial charge in [0.15, 0.2) is 6.61 Å². The van der Waals surface area contributed by atoms with Gasteiger partial charge in [0.2, 0.25) is 5.91 Å². The number of benzene rings is 1. The first-order chi connectivity index (χ1) is 11.0. The molecule has 2 rings (SSSR count). The van der Waals surface area contributed by atoms with Crippen molar-refractivity contribution in [1.82, 2.24) is 10.2 Å². The van der Waals surface area contributed by atoms with Crippen molar-refractivity contribution in [3.8, 4) is 5.75 Å². The normalized spacial score (nSPS) is 16.7. The van der Waals surface area contributed by atoms with Crippen molar-refractivity contribution in [2.45, 2.75) is 38.1 Å². The highest BCUT2D eigenvalue weighted by atomic mass is 35.5. The number of alkyl halides is 1. The third-order valence-electron chi connectivity index (χ3n) is 3.94. The zero-order valence-electron chi connectivity index (χ0n) is 13.5.